The van der Waals surface area contributed by atoms with Crippen LogP contribution in [-0.4, -0.2) is 17.9 Å². The third kappa shape index (κ3) is 4.16. The number of amides is 1. The van der Waals surface area contributed by atoms with E-state index >= 15 is 0 Å². The minimum Gasteiger partial charge on any atom is -0.339 e. The summed E-state index contributed by atoms with van der Waals surface area (Å²) in [5, 5.41) is 0. The number of carbonyl (C=O) groups is 1. The molecule has 0 fully saturated rings. The maximum atomic E-state index is 12.6. The first-order valence-corrected chi connectivity index (χ1v) is 8.60. The average Bonchev–Trinajstić information content (AvgIpc) is 2.68. The second-order valence-electron chi connectivity index (χ2n) is 6.33. The summed E-state index contributed by atoms with van der Waals surface area (Å²) in [7, 11) is 1.87. The Labute approximate surface area is 149 Å². The molecule has 0 aliphatic heterocycles. The minimum absolute atomic E-state index is 0.0669. The van der Waals surface area contributed by atoms with Crippen LogP contribution in [0.2, 0.25) is 0 Å². The van der Waals surface area contributed by atoms with E-state index < -0.39 is 0 Å². The SMILES string of the molecule is CC(c1ccccc1)N(C)C(=O)Cc1ccc(-c2ccccc2)cc1. The normalized spacial score (nSPS) is 11.8. The highest BCUT2D eigenvalue weighted by atomic mass is 16.2. The lowest BCUT2D eigenvalue weighted by molar-refractivity contribution is -0.131. The van der Waals surface area contributed by atoms with Crippen molar-refractivity contribution in [2.24, 2.45) is 0 Å². The fraction of sp³-hybridized carbons (Fsp3) is 0.174. The molecule has 0 spiro atoms. The molecule has 0 N–H and O–H groups in total. The summed E-state index contributed by atoms with van der Waals surface area (Å²) in [6, 6.07) is 28.7. The van der Waals surface area contributed by atoms with Gasteiger partial charge in [0.25, 0.3) is 0 Å². The molecule has 1 atom stereocenters. The predicted molar refractivity (Wildman–Crippen MR) is 103 cm³/mol. The van der Waals surface area contributed by atoms with Crippen molar-refractivity contribution in [1.82, 2.24) is 4.90 Å². The molecule has 0 heterocycles. The van der Waals surface area contributed by atoms with Crippen molar-refractivity contribution in [3.8, 4) is 11.1 Å². The molecule has 3 aromatic rings. The Hall–Kier alpha value is -2.87. The van der Waals surface area contributed by atoms with Crippen molar-refractivity contribution in [2.75, 3.05) is 7.05 Å². The fourth-order valence-electron chi connectivity index (χ4n) is 2.92. The molecule has 0 aromatic heterocycles. The first-order valence-electron chi connectivity index (χ1n) is 8.60. The first-order chi connectivity index (χ1) is 12.1. The lowest BCUT2D eigenvalue weighted by Crippen LogP contribution is -2.30. The third-order valence-corrected chi connectivity index (χ3v) is 4.67. The molecule has 1 amide bonds. The highest BCUT2D eigenvalue weighted by Gasteiger charge is 2.17. The molecule has 0 aliphatic rings. The van der Waals surface area contributed by atoms with E-state index in [0.29, 0.717) is 6.42 Å². The van der Waals surface area contributed by atoms with E-state index in [1.165, 1.54) is 11.1 Å². The second-order valence-corrected chi connectivity index (χ2v) is 6.33. The number of likely N-dealkylation sites (N-methyl/N-ethyl adjacent to an activating group) is 1. The smallest absolute Gasteiger partial charge is 0.227 e. The molecule has 3 rings (SSSR count). The van der Waals surface area contributed by atoms with E-state index in [-0.39, 0.29) is 11.9 Å². The maximum Gasteiger partial charge on any atom is 0.227 e. The Morgan fingerprint density at radius 1 is 0.800 bits per heavy atom. The topological polar surface area (TPSA) is 20.3 Å². The van der Waals surface area contributed by atoms with Gasteiger partial charge in [-0.2, -0.15) is 0 Å². The summed E-state index contributed by atoms with van der Waals surface area (Å²) in [5.41, 5.74) is 4.55. The number of carbonyl (C=O) groups excluding carboxylic acids is 1. The molecule has 2 nitrogen and oxygen atoms in total. The van der Waals surface area contributed by atoms with Gasteiger partial charge in [0, 0.05) is 7.05 Å². The van der Waals surface area contributed by atoms with Crippen LogP contribution in [0.4, 0.5) is 0 Å². The molecule has 126 valence electrons. The molecular weight excluding hydrogens is 306 g/mol. The fourth-order valence-corrected chi connectivity index (χ4v) is 2.92. The highest BCUT2D eigenvalue weighted by molar-refractivity contribution is 5.79. The van der Waals surface area contributed by atoms with Crippen LogP contribution in [0, 0.1) is 0 Å². The van der Waals surface area contributed by atoms with E-state index in [1.54, 1.807) is 0 Å². The molecule has 1 unspecified atom stereocenters. The summed E-state index contributed by atoms with van der Waals surface area (Å²) in [4.78, 5) is 14.4. The van der Waals surface area contributed by atoms with Crippen molar-refractivity contribution < 1.29 is 4.79 Å². The van der Waals surface area contributed by atoms with Gasteiger partial charge < -0.3 is 4.90 Å². The van der Waals surface area contributed by atoms with E-state index in [1.807, 2.05) is 60.5 Å². The van der Waals surface area contributed by atoms with E-state index in [2.05, 4.69) is 43.3 Å². The van der Waals surface area contributed by atoms with Gasteiger partial charge in [0.2, 0.25) is 5.91 Å². The maximum absolute atomic E-state index is 12.6. The predicted octanol–water partition coefficient (Wildman–Crippen LogP) is 5.12. The van der Waals surface area contributed by atoms with Gasteiger partial charge in [0.1, 0.15) is 0 Å². The summed E-state index contributed by atoms with van der Waals surface area (Å²) in [5.74, 6) is 0.129. The van der Waals surface area contributed by atoms with Crippen LogP contribution >= 0.6 is 0 Å². The van der Waals surface area contributed by atoms with Gasteiger partial charge in [-0.25, -0.2) is 0 Å². The largest absolute Gasteiger partial charge is 0.339 e. The zero-order valence-corrected chi connectivity index (χ0v) is 14.7. The molecular formula is C23H23NO. The molecule has 3 aromatic carbocycles. The Bertz CT molecular complexity index is 810. The van der Waals surface area contributed by atoms with Crippen molar-refractivity contribution in [3.63, 3.8) is 0 Å². The van der Waals surface area contributed by atoms with Gasteiger partial charge in [-0.05, 0) is 29.2 Å². The average molecular weight is 329 g/mol. The van der Waals surface area contributed by atoms with Crippen LogP contribution in [-0.2, 0) is 11.2 Å². The van der Waals surface area contributed by atoms with Crippen LogP contribution in [0.5, 0.6) is 0 Å². The monoisotopic (exact) mass is 329 g/mol. The highest BCUT2D eigenvalue weighted by Crippen LogP contribution is 2.21. The standard InChI is InChI=1S/C23H23NO/c1-18(20-9-5-3-6-10-20)24(2)23(25)17-19-13-15-22(16-14-19)21-11-7-4-8-12-21/h3-16,18H,17H2,1-2H3. The zero-order chi connectivity index (χ0) is 17.6. The van der Waals surface area contributed by atoms with Crippen molar-refractivity contribution in [1.29, 1.82) is 0 Å². The zero-order valence-electron chi connectivity index (χ0n) is 14.7. The Balaban J connectivity index is 1.66. The molecule has 0 saturated heterocycles. The van der Waals surface area contributed by atoms with Gasteiger partial charge >= 0.3 is 0 Å². The lowest BCUT2D eigenvalue weighted by atomic mass is 10.0. The molecule has 0 bridgehead atoms. The van der Waals surface area contributed by atoms with Gasteiger partial charge in [0.05, 0.1) is 12.5 Å². The Morgan fingerprint density at radius 3 is 1.92 bits per heavy atom. The van der Waals surface area contributed by atoms with E-state index in [0.717, 1.165) is 11.1 Å². The lowest BCUT2D eigenvalue weighted by Gasteiger charge is -2.25. The number of rotatable bonds is 5. The van der Waals surface area contributed by atoms with E-state index in [4.69, 9.17) is 0 Å². The summed E-state index contributed by atoms with van der Waals surface area (Å²) in [6.07, 6.45) is 0.419. The van der Waals surface area contributed by atoms with Crippen LogP contribution < -0.4 is 0 Å². The Morgan fingerprint density at radius 2 is 1.32 bits per heavy atom. The molecule has 0 saturated carbocycles. The van der Waals surface area contributed by atoms with Crippen molar-refractivity contribution >= 4 is 5.91 Å². The molecule has 0 radical (unpaired) electrons. The van der Waals surface area contributed by atoms with Crippen LogP contribution in [0.3, 0.4) is 0 Å². The Kier molecular flexibility index (Phi) is 5.30. The number of benzene rings is 3. The first kappa shape index (κ1) is 17.0. The minimum atomic E-state index is 0.0669. The van der Waals surface area contributed by atoms with Crippen LogP contribution in [0.15, 0.2) is 84.9 Å². The summed E-state index contributed by atoms with van der Waals surface area (Å²) >= 11 is 0. The molecule has 0 aliphatic carbocycles. The van der Waals surface area contributed by atoms with Gasteiger partial charge in [0.15, 0.2) is 0 Å². The van der Waals surface area contributed by atoms with Crippen LogP contribution in [0.25, 0.3) is 11.1 Å². The number of hydrogen-bond donors (Lipinski definition) is 0. The number of nitrogens with zero attached hydrogens (tertiary/aromatic N) is 1. The summed E-state index contributed by atoms with van der Waals surface area (Å²) in [6.45, 7) is 2.06. The van der Waals surface area contributed by atoms with E-state index in [9.17, 15) is 4.79 Å². The van der Waals surface area contributed by atoms with Gasteiger partial charge in [-0.3, -0.25) is 4.79 Å². The van der Waals surface area contributed by atoms with Gasteiger partial charge in [-0.15, -0.1) is 0 Å². The second kappa shape index (κ2) is 7.80. The quantitative estimate of drug-likeness (QED) is 0.636. The van der Waals surface area contributed by atoms with Crippen molar-refractivity contribution in [3.05, 3.63) is 96.1 Å². The number of hydrogen-bond acceptors (Lipinski definition) is 1. The third-order valence-electron chi connectivity index (χ3n) is 4.67. The van der Waals surface area contributed by atoms with Gasteiger partial charge in [-0.1, -0.05) is 84.9 Å². The molecule has 2 heteroatoms. The van der Waals surface area contributed by atoms with Crippen LogP contribution in [0.1, 0.15) is 24.1 Å². The summed E-state index contributed by atoms with van der Waals surface area (Å²) < 4.78 is 0. The molecule has 25 heavy (non-hydrogen) atoms. The van der Waals surface area contributed by atoms with Crippen molar-refractivity contribution in [2.45, 2.75) is 19.4 Å².